The fourth-order valence-electron chi connectivity index (χ4n) is 1.90. The topological polar surface area (TPSA) is 28.2 Å². The van der Waals surface area contributed by atoms with E-state index in [2.05, 4.69) is 40.3 Å². The van der Waals surface area contributed by atoms with Gasteiger partial charge < -0.3 is 10.2 Å². The molecule has 3 heteroatoms. The molecule has 0 atom stereocenters. The SMILES string of the molecule is CCN(c1cccc(CNC)n1)C1CC1. The molecule has 0 bridgehead atoms. The highest BCUT2D eigenvalue weighted by Crippen LogP contribution is 2.30. The molecule has 1 aromatic heterocycles. The molecule has 2 rings (SSSR count). The minimum absolute atomic E-state index is 0.743. The van der Waals surface area contributed by atoms with E-state index in [0.717, 1.165) is 30.6 Å². The maximum Gasteiger partial charge on any atom is 0.129 e. The highest BCUT2D eigenvalue weighted by molar-refractivity contribution is 5.42. The lowest BCUT2D eigenvalue weighted by molar-refractivity contribution is 0.767. The van der Waals surface area contributed by atoms with Crippen molar-refractivity contribution in [3.05, 3.63) is 23.9 Å². The third-order valence-corrected chi connectivity index (χ3v) is 2.77. The minimum atomic E-state index is 0.743. The molecule has 0 aromatic carbocycles. The quantitative estimate of drug-likeness (QED) is 0.794. The molecule has 1 fully saturated rings. The summed E-state index contributed by atoms with van der Waals surface area (Å²) in [5, 5.41) is 3.13. The first kappa shape index (κ1) is 10.4. The van der Waals surface area contributed by atoms with Crippen LogP contribution in [0, 0.1) is 0 Å². The molecule has 0 amide bonds. The number of nitrogens with one attached hydrogen (secondary N) is 1. The van der Waals surface area contributed by atoms with Crippen LogP contribution in [0.2, 0.25) is 0 Å². The summed E-state index contributed by atoms with van der Waals surface area (Å²) in [5.41, 5.74) is 1.12. The van der Waals surface area contributed by atoms with Crippen LogP contribution < -0.4 is 10.2 Å². The van der Waals surface area contributed by atoms with E-state index >= 15 is 0 Å². The van der Waals surface area contributed by atoms with Gasteiger partial charge in [-0.3, -0.25) is 0 Å². The van der Waals surface area contributed by atoms with Gasteiger partial charge in [0, 0.05) is 19.1 Å². The van der Waals surface area contributed by atoms with Crippen LogP contribution in [-0.2, 0) is 6.54 Å². The third kappa shape index (κ3) is 2.48. The van der Waals surface area contributed by atoms with Gasteiger partial charge in [-0.2, -0.15) is 0 Å². The zero-order valence-electron chi connectivity index (χ0n) is 9.53. The third-order valence-electron chi connectivity index (χ3n) is 2.77. The molecule has 0 unspecified atom stereocenters. The van der Waals surface area contributed by atoms with Gasteiger partial charge in [-0.1, -0.05) is 6.07 Å². The van der Waals surface area contributed by atoms with Crippen LogP contribution in [0.3, 0.4) is 0 Å². The molecule has 15 heavy (non-hydrogen) atoms. The van der Waals surface area contributed by atoms with E-state index < -0.39 is 0 Å². The van der Waals surface area contributed by atoms with Crippen LogP contribution in [0.5, 0.6) is 0 Å². The zero-order chi connectivity index (χ0) is 10.7. The Morgan fingerprint density at radius 3 is 2.87 bits per heavy atom. The standard InChI is InChI=1S/C12H19N3/c1-3-15(11-7-8-11)12-6-4-5-10(14-12)9-13-2/h4-6,11,13H,3,7-9H2,1-2H3. The first-order valence-electron chi connectivity index (χ1n) is 5.72. The van der Waals surface area contributed by atoms with Crippen molar-refractivity contribution in [3.8, 4) is 0 Å². The van der Waals surface area contributed by atoms with E-state index in [-0.39, 0.29) is 0 Å². The van der Waals surface area contributed by atoms with Crippen molar-refractivity contribution in [1.29, 1.82) is 0 Å². The van der Waals surface area contributed by atoms with Gasteiger partial charge in [0.15, 0.2) is 0 Å². The van der Waals surface area contributed by atoms with Crippen LogP contribution >= 0.6 is 0 Å². The first-order valence-corrected chi connectivity index (χ1v) is 5.72. The van der Waals surface area contributed by atoms with Gasteiger partial charge in [0.05, 0.1) is 5.69 Å². The largest absolute Gasteiger partial charge is 0.354 e. The Balaban J connectivity index is 2.14. The molecule has 1 aliphatic carbocycles. The summed E-state index contributed by atoms with van der Waals surface area (Å²) in [6.45, 7) is 4.10. The van der Waals surface area contributed by atoms with Gasteiger partial charge in [0.2, 0.25) is 0 Å². The first-order chi connectivity index (χ1) is 7.35. The smallest absolute Gasteiger partial charge is 0.129 e. The van der Waals surface area contributed by atoms with E-state index in [0.29, 0.717) is 0 Å². The van der Waals surface area contributed by atoms with Crippen LogP contribution in [0.15, 0.2) is 18.2 Å². The van der Waals surface area contributed by atoms with Crippen molar-refractivity contribution >= 4 is 5.82 Å². The zero-order valence-corrected chi connectivity index (χ0v) is 9.53. The van der Waals surface area contributed by atoms with Crippen LogP contribution in [0.1, 0.15) is 25.5 Å². The van der Waals surface area contributed by atoms with Crippen LogP contribution in [0.25, 0.3) is 0 Å². The second-order valence-corrected chi connectivity index (χ2v) is 4.03. The van der Waals surface area contributed by atoms with Gasteiger partial charge >= 0.3 is 0 Å². The van der Waals surface area contributed by atoms with Gasteiger partial charge in [0.25, 0.3) is 0 Å². The van der Waals surface area contributed by atoms with E-state index in [1.165, 1.54) is 12.8 Å². The number of aromatic nitrogens is 1. The van der Waals surface area contributed by atoms with Gasteiger partial charge in [-0.15, -0.1) is 0 Å². The summed E-state index contributed by atoms with van der Waals surface area (Å²) in [6.07, 6.45) is 2.65. The molecule has 3 nitrogen and oxygen atoms in total. The summed E-state index contributed by atoms with van der Waals surface area (Å²) in [7, 11) is 1.95. The van der Waals surface area contributed by atoms with Gasteiger partial charge in [-0.25, -0.2) is 4.98 Å². The molecule has 0 aliphatic heterocycles. The van der Waals surface area contributed by atoms with E-state index in [4.69, 9.17) is 0 Å². The van der Waals surface area contributed by atoms with E-state index in [1.54, 1.807) is 0 Å². The molecule has 0 spiro atoms. The Morgan fingerprint density at radius 2 is 2.27 bits per heavy atom. The van der Waals surface area contributed by atoms with Crippen LogP contribution in [-0.4, -0.2) is 24.6 Å². The maximum atomic E-state index is 4.66. The molecule has 0 radical (unpaired) electrons. The molecule has 82 valence electrons. The number of pyridine rings is 1. The number of nitrogens with zero attached hydrogens (tertiary/aromatic N) is 2. The summed E-state index contributed by atoms with van der Waals surface area (Å²) in [4.78, 5) is 7.06. The van der Waals surface area contributed by atoms with E-state index in [1.807, 2.05) is 7.05 Å². The van der Waals surface area contributed by atoms with Crippen molar-refractivity contribution in [2.45, 2.75) is 32.4 Å². The average molecular weight is 205 g/mol. The molecule has 1 heterocycles. The summed E-state index contributed by atoms with van der Waals surface area (Å²) in [5.74, 6) is 1.13. The Labute approximate surface area is 91.5 Å². The second kappa shape index (κ2) is 4.62. The van der Waals surface area contributed by atoms with Crippen molar-refractivity contribution in [1.82, 2.24) is 10.3 Å². The predicted octanol–water partition coefficient (Wildman–Crippen LogP) is 1.79. The Kier molecular flexibility index (Phi) is 3.21. The normalized spacial score (nSPS) is 15.3. The molecule has 1 aliphatic rings. The second-order valence-electron chi connectivity index (χ2n) is 4.03. The average Bonchev–Trinajstić information content (AvgIpc) is 3.04. The predicted molar refractivity (Wildman–Crippen MR) is 63.0 cm³/mol. The minimum Gasteiger partial charge on any atom is -0.354 e. The van der Waals surface area contributed by atoms with Crippen molar-refractivity contribution < 1.29 is 0 Å². The molecular formula is C12H19N3. The van der Waals surface area contributed by atoms with Crippen LogP contribution in [0.4, 0.5) is 5.82 Å². The fraction of sp³-hybridized carbons (Fsp3) is 0.583. The monoisotopic (exact) mass is 205 g/mol. The maximum absolute atomic E-state index is 4.66. The Morgan fingerprint density at radius 1 is 1.47 bits per heavy atom. The number of rotatable bonds is 5. The lowest BCUT2D eigenvalue weighted by atomic mass is 10.3. The lowest BCUT2D eigenvalue weighted by Gasteiger charge is -2.21. The number of hydrogen-bond acceptors (Lipinski definition) is 3. The van der Waals surface area contributed by atoms with Crippen molar-refractivity contribution in [2.24, 2.45) is 0 Å². The Hall–Kier alpha value is -1.09. The van der Waals surface area contributed by atoms with Gasteiger partial charge in [0.1, 0.15) is 5.82 Å². The fourth-order valence-corrected chi connectivity index (χ4v) is 1.90. The van der Waals surface area contributed by atoms with Crippen molar-refractivity contribution in [2.75, 3.05) is 18.5 Å². The molecule has 0 saturated heterocycles. The molecular weight excluding hydrogens is 186 g/mol. The summed E-state index contributed by atoms with van der Waals surface area (Å²) >= 11 is 0. The highest BCUT2D eigenvalue weighted by Gasteiger charge is 2.28. The van der Waals surface area contributed by atoms with Gasteiger partial charge in [-0.05, 0) is 38.9 Å². The Bertz CT molecular complexity index is 320. The molecule has 1 aromatic rings. The summed E-state index contributed by atoms with van der Waals surface area (Å²) in [6, 6.07) is 7.02. The number of anilines is 1. The molecule has 1 saturated carbocycles. The molecule has 1 N–H and O–H groups in total. The number of hydrogen-bond donors (Lipinski definition) is 1. The van der Waals surface area contributed by atoms with E-state index in [9.17, 15) is 0 Å². The lowest BCUT2D eigenvalue weighted by Crippen LogP contribution is -2.26. The van der Waals surface area contributed by atoms with Crippen molar-refractivity contribution in [3.63, 3.8) is 0 Å². The highest BCUT2D eigenvalue weighted by atomic mass is 15.2. The summed E-state index contributed by atoms with van der Waals surface area (Å²) < 4.78 is 0.